The lowest BCUT2D eigenvalue weighted by molar-refractivity contribution is 0.630. The topological polar surface area (TPSA) is 0 Å². The van der Waals surface area contributed by atoms with Crippen LogP contribution < -0.4 is 0 Å². The molecule has 2 aliphatic carbocycles. The average molecular weight is 407 g/mol. The molecule has 0 N–H and O–H groups in total. The number of benzene rings is 4. The summed E-state index contributed by atoms with van der Waals surface area (Å²) in [6.07, 6.45) is 10.2. The summed E-state index contributed by atoms with van der Waals surface area (Å²) in [5, 5.41) is 5.25. The molecule has 2 aliphatic rings. The van der Waals surface area contributed by atoms with Crippen molar-refractivity contribution in [3.8, 4) is 0 Å². The highest BCUT2D eigenvalue weighted by Crippen LogP contribution is 2.40. The summed E-state index contributed by atoms with van der Waals surface area (Å²) in [4.78, 5) is 0. The van der Waals surface area contributed by atoms with Crippen molar-refractivity contribution in [3.05, 3.63) is 120 Å². The number of fused-ring (bicyclic) bond motifs is 5. The van der Waals surface area contributed by atoms with Crippen LogP contribution in [0.2, 0.25) is 0 Å². The Bertz CT molecular complexity index is 1060. The van der Waals surface area contributed by atoms with Crippen LogP contribution in [-0.4, -0.2) is 0 Å². The number of hydrogen-bond donors (Lipinski definition) is 0. The predicted molar refractivity (Wildman–Crippen MR) is 139 cm³/mol. The van der Waals surface area contributed by atoms with Crippen LogP contribution in [-0.2, 0) is 6.42 Å². The van der Waals surface area contributed by atoms with E-state index in [1.165, 1.54) is 39.1 Å². The predicted octanol–water partition coefficient (Wildman–Crippen LogP) is 9.11. The Labute approximate surface area is 187 Å². The number of rotatable bonds is 0. The Hall–Kier alpha value is -3.12. The van der Waals surface area contributed by atoms with Gasteiger partial charge < -0.3 is 0 Å². The van der Waals surface area contributed by atoms with Crippen LogP contribution in [0.4, 0.5) is 0 Å². The molecule has 158 valence electrons. The second kappa shape index (κ2) is 11.3. The summed E-state index contributed by atoms with van der Waals surface area (Å²) in [7, 11) is 0. The van der Waals surface area contributed by atoms with Crippen molar-refractivity contribution in [3.63, 3.8) is 0 Å². The first-order valence-electron chi connectivity index (χ1n) is 11.7. The number of hydrogen-bond acceptors (Lipinski definition) is 0. The van der Waals surface area contributed by atoms with Gasteiger partial charge in [0, 0.05) is 5.92 Å². The summed E-state index contributed by atoms with van der Waals surface area (Å²) in [5.74, 6) is 1.38. The third-order valence-electron chi connectivity index (χ3n) is 5.73. The molecule has 0 fully saturated rings. The third kappa shape index (κ3) is 5.14. The molecule has 0 saturated carbocycles. The summed E-state index contributed by atoms with van der Waals surface area (Å²) in [6, 6.07) is 30.2. The first-order chi connectivity index (χ1) is 15.4. The maximum absolute atomic E-state index is 2.34. The van der Waals surface area contributed by atoms with Crippen molar-refractivity contribution in [1.29, 1.82) is 0 Å². The summed E-state index contributed by atoms with van der Waals surface area (Å²) < 4.78 is 0. The van der Waals surface area contributed by atoms with Crippen molar-refractivity contribution in [2.24, 2.45) is 5.92 Å². The van der Waals surface area contributed by atoms with E-state index in [9.17, 15) is 0 Å². The van der Waals surface area contributed by atoms with Crippen LogP contribution in [0.5, 0.6) is 0 Å². The molecule has 6 rings (SSSR count). The summed E-state index contributed by atoms with van der Waals surface area (Å²) in [5.41, 5.74) is 3.07. The molecule has 31 heavy (non-hydrogen) atoms. The standard InChI is InChI=1S/C14H10.C13H12.2C2H6/c1-2-6-12-10-14-8-4-3-7-13(14)9-11(12)5-1;1-3-7-12-10(5-1)9-11-6-2-4-8-13(11)12;2*1-2/h1-10H;1-8,10,12H,9H2;2*1-2H3. The van der Waals surface area contributed by atoms with Gasteiger partial charge >= 0.3 is 0 Å². The Morgan fingerprint density at radius 2 is 1.00 bits per heavy atom. The largest absolute Gasteiger partial charge is 0.0802 e. The molecule has 4 aromatic carbocycles. The quantitative estimate of drug-likeness (QED) is 0.255. The van der Waals surface area contributed by atoms with Gasteiger partial charge in [0.15, 0.2) is 0 Å². The molecule has 0 radical (unpaired) electrons. The third-order valence-corrected chi connectivity index (χ3v) is 5.73. The fraction of sp³-hybridized carbons (Fsp3) is 0.226. The van der Waals surface area contributed by atoms with Crippen molar-refractivity contribution < 1.29 is 0 Å². The van der Waals surface area contributed by atoms with E-state index in [0.717, 1.165) is 5.92 Å². The van der Waals surface area contributed by atoms with Gasteiger partial charge in [-0.25, -0.2) is 0 Å². The van der Waals surface area contributed by atoms with Gasteiger partial charge in [-0.2, -0.15) is 0 Å². The molecule has 0 aromatic heterocycles. The zero-order chi connectivity index (χ0) is 22.1. The molecule has 0 heteroatoms. The van der Waals surface area contributed by atoms with Crippen LogP contribution >= 0.6 is 0 Å². The Morgan fingerprint density at radius 1 is 0.548 bits per heavy atom. The molecule has 0 nitrogen and oxygen atoms in total. The molecule has 0 saturated heterocycles. The van der Waals surface area contributed by atoms with Crippen molar-refractivity contribution in [2.45, 2.75) is 40.0 Å². The van der Waals surface area contributed by atoms with Crippen LogP contribution in [0.15, 0.2) is 109 Å². The van der Waals surface area contributed by atoms with Gasteiger partial charge in [0.25, 0.3) is 0 Å². The SMILES string of the molecule is C1=CC2Cc3ccccc3C2C=C1.CC.CC.c1ccc2cc3ccccc3cc2c1. The monoisotopic (exact) mass is 406 g/mol. The van der Waals surface area contributed by atoms with E-state index in [1.807, 2.05) is 27.7 Å². The molecule has 0 aliphatic heterocycles. The van der Waals surface area contributed by atoms with E-state index < -0.39 is 0 Å². The minimum Gasteiger partial charge on any atom is -0.0802 e. The molecule has 0 spiro atoms. The first-order valence-corrected chi connectivity index (χ1v) is 11.7. The molecule has 2 atom stereocenters. The lowest BCUT2D eigenvalue weighted by atomic mass is 9.89. The molecule has 0 bridgehead atoms. The molecule has 0 amide bonds. The van der Waals surface area contributed by atoms with Crippen molar-refractivity contribution in [1.82, 2.24) is 0 Å². The molecule has 2 unspecified atom stereocenters. The minimum atomic E-state index is 0.654. The number of allylic oxidation sites excluding steroid dienone is 4. The summed E-state index contributed by atoms with van der Waals surface area (Å²) in [6.45, 7) is 8.00. The fourth-order valence-electron chi connectivity index (χ4n) is 4.36. The highest BCUT2D eigenvalue weighted by molar-refractivity contribution is 5.98. The first kappa shape index (κ1) is 22.6. The average Bonchev–Trinajstić information content (AvgIpc) is 3.24. The van der Waals surface area contributed by atoms with E-state index in [2.05, 4.69) is 109 Å². The second-order valence-electron chi connectivity index (χ2n) is 7.41. The van der Waals surface area contributed by atoms with Gasteiger partial charge in [-0.15, -0.1) is 0 Å². The zero-order valence-electron chi connectivity index (χ0n) is 19.3. The second-order valence-corrected chi connectivity index (χ2v) is 7.41. The zero-order valence-corrected chi connectivity index (χ0v) is 19.3. The van der Waals surface area contributed by atoms with Crippen LogP contribution in [0.1, 0.15) is 44.7 Å². The van der Waals surface area contributed by atoms with E-state index in [1.54, 1.807) is 0 Å². The highest BCUT2D eigenvalue weighted by atomic mass is 14.3. The van der Waals surface area contributed by atoms with Crippen molar-refractivity contribution in [2.75, 3.05) is 0 Å². The van der Waals surface area contributed by atoms with E-state index >= 15 is 0 Å². The van der Waals surface area contributed by atoms with E-state index in [-0.39, 0.29) is 0 Å². The maximum Gasteiger partial charge on any atom is 0.00899 e. The lowest BCUT2D eigenvalue weighted by Gasteiger charge is -2.15. The van der Waals surface area contributed by atoms with E-state index in [4.69, 9.17) is 0 Å². The molecular weight excluding hydrogens is 372 g/mol. The molecule has 4 aromatic rings. The van der Waals surface area contributed by atoms with Crippen LogP contribution in [0.25, 0.3) is 21.5 Å². The maximum atomic E-state index is 2.34. The van der Waals surface area contributed by atoms with Gasteiger partial charge in [-0.3, -0.25) is 0 Å². The Kier molecular flexibility index (Phi) is 8.24. The van der Waals surface area contributed by atoms with Gasteiger partial charge in [0.1, 0.15) is 0 Å². The fourth-order valence-corrected chi connectivity index (χ4v) is 4.36. The van der Waals surface area contributed by atoms with Crippen LogP contribution in [0, 0.1) is 5.92 Å². The van der Waals surface area contributed by atoms with Gasteiger partial charge in [-0.05, 0) is 57.1 Å². The van der Waals surface area contributed by atoms with Gasteiger partial charge in [-0.1, -0.05) is 125 Å². The van der Waals surface area contributed by atoms with Gasteiger partial charge in [0.2, 0.25) is 0 Å². The Morgan fingerprint density at radius 3 is 1.55 bits per heavy atom. The Balaban J connectivity index is 0.000000152. The van der Waals surface area contributed by atoms with Crippen molar-refractivity contribution >= 4 is 21.5 Å². The lowest BCUT2D eigenvalue weighted by Crippen LogP contribution is -2.03. The summed E-state index contributed by atoms with van der Waals surface area (Å²) >= 11 is 0. The van der Waals surface area contributed by atoms with Gasteiger partial charge in [0.05, 0.1) is 0 Å². The molecule has 0 heterocycles. The van der Waals surface area contributed by atoms with E-state index in [0.29, 0.717) is 5.92 Å². The minimum absolute atomic E-state index is 0.654. The highest BCUT2D eigenvalue weighted by Gasteiger charge is 2.29. The van der Waals surface area contributed by atoms with Crippen LogP contribution in [0.3, 0.4) is 0 Å². The normalized spacial score (nSPS) is 17.3. The molecular formula is C31H34. The smallest absolute Gasteiger partial charge is 0.00899 e.